The summed E-state index contributed by atoms with van der Waals surface area (Å²) in [6, 6.07) is 5.83. The fourth-order valence-electron chi connectivity index (χ4n) is 1.60. The molecule has 1 aromatic carbocycles. The van der Waals surface area contributed by atoms with Crippen molar-refractivity contribution in [2.45, 2.75) is 6.54 Å². The van der Waals surface area contributed by atoms with E-state index in [1.807, 2.05) is 30.1 Å². The zero-order chi connectivity index (χ0) is 13.0. The Balaban J connectivity index is 2.14. The highest BCUT2D eigenvalue weighted by molar-refractivity contribution is 7.09. The van der Waals surface area contributed by atoms with E-state index in [0.717, 1.165) is 22.2 Å². The molecule has 0 atom stereocenters. The maximum atomic E-state index is 5.27. The van der Waals surface area contributed by atoms with Gasteiger partial charge >= 0.3 is 0 Å². The molecule has 0 saturated heterocycles. The van der Waals surface area contributed by atoms with Gasteiger partial charge in [-0.15, -0.1) is 0 Å². The molecule has 2 rings (SSSR count). The summed E-state index contributed by atoms with van der Waals surface area (Å²) in [5.41, 5.74) is 1.10. The highest BCUT2D eigenvalue weighted by atomic mass is 32.1. The van der Waals surface area contributed by atoms with Gasteiger partial charge in [-0.1, -0.05) is 15.7 Å². The summed E-state index contributed by atoms with van der Waals surface area (Å²) in [6.45, 7) is 0.706. The van der Waals surface area contributed by atoms with E-state index in [4.69, 9.17) is 9.47 Å². The molecule has 2 aromatic rings. The number of aromatic nitrogens is 3. The number of methoxy groups -OCH3 is 2. The Bertz CT molecular complexity index is 504. The molecule has 18 heavy (non-hydrogen) atoms. The number of rotatable bonds is 5. The van der Waals surface area contributed by atoms with Crippen LogP contribution >= 0.6 is 11.5 Å². The van der Waals surface area contributed by atoms with Crippen molar-refractivity contribution in [2.75, 3.05) is 26.2 Å². The second-order valence-corrected chi connectivity index (χ2v) is 4.40. The summed E-state index contributed by atoms with van der Waals surface area (Å²) in [5, 5.41) is 8.28. The van der Waals surface area contributed by atoms with E-state index in [9.17, 15) is 0 Å². The third-order valence-electron chi connectivity index (χ3n) is 2.48. The molecule has 0 unspecified atom stereocenters. The maximum absolute atomic E-state index is 5.27. The SMILES string of the molecule is COc1ccc(CN(C)c2nnns2)cc1OC. The first-order valence-corrected chi connectivity index (χ1v) is 6.09. The van der Waals surface area contributed by atoms with E-state index in [0.29, 0.717) is 6.54 Å². The van der Waals surface area contributed by atoms with Gasteiger partial charge in [0.15, 0.2) is 11.5 Å². The topological polar surface area (TPSA) is 60.4 Å². The van der Waals surface area contributed by atoms with Crippen LogP contribution in [0, 0.1) is 0 Å². The Labute approximate surface area is 109 Å². The Hall–Kier alpha value is -1.89. The van der Waals surface area contributed by atoms with E-state index >= 15 is 0 Å². The first-order chi connectivity index (χ1) is 8.74. The molecule has 96 valence electrons. The number of benzene rings is 1. The minimum atomic E-state index is 0.706. The lowest BCUT2D eigenvalue weighted by Crippen LogP contribution is -2.16. The monoisotopic (exact) mass is 266 g/mol. The lowest BCUT2D eigenvalue weighted by Gasteiger charge is -2.15. The van der Waals surface area contributed by atoms with E-state index in [1.54, 1.807) is 14.2 Å². The standard InChI is InChI=1S/C11H14N4O2S/c1-15(11-12-13-14-18-11)7-8-4-5-9(16-2)10(6-8)17-3/h4-6H,7H2,1-3H3. The lowest BCUT2D eigenvalue weighted by molar-refractivity contribution is 0.354. The summed E-state index contributed by atoms with van der Waals surface area (Å²) < 4.78 is 14.2. The van der Waals surface area contributed by atoms with Crippen molar-refractivity contribution in [3.63, 3.8) is 0 Å². The normalized spacial score (nSPS) is 10.2. The fourth-order valence-corrected chi connectivity index (χ4v) is 2.02. The minimum absolute atomic E-state index is 0.706. The third-order valence-corrected chi connectivity index (χ3v) is 3.19. The highest BCUT2D eigenvalue weighted by Gasteiger charge is 2.09. The summed E-state index contributed by atoms with van der Waals surface area (Å²) in [7, 11) is 5.19. The molecular weight excluding hydrogens is 252 g/mol. The molecule has 0 amide bonds. The Morgan fingerprint density at radius 1 is 1.22 bits per heavy atom. The molecule has 0 radical (unpaired) electrons. The quantitative estimate of drug-likeness (QED) is 0.819. The molecule has 6 nitrogen and oxygen atoms in total. The summed E-state index contributed by atoms with van der Waals surface area (Å²) in [4.78, 5) is 1.98. The van der Waals surface area contributed by atoms with E-state index in [2.05, 4.69) is 14.8 Å². The van der Waals surface area contributed by atoms with Gasteiger partial charge in [0.1, 0.15) is 0 Å². The van der Waals surface area contributed by atoms with Gasteiger partial charge in [-0.3, -0.25) is 0 Å². The van der Waals surface area contributed by atoms with Crippen molar-refractivity contribution in [2.24, 2.45) is 0 Å². The second-order valence-electron chi connectivity index (χ2n) is 3.69. The molecule has 0 aliphatic carbocycles. The molecular formula is C11H14N4O2S. The average molecular weight is 266 g/mol. The first-order valence-electron chi connectivity index (χ1n) is 5.31. The number of nitrogens with zero attached hydrogens (tertiary/aromatic N) is 4. The van der Waals surface area contributed by atoms with Crippen LogP contribution in [0.2, 0.25) is 0 Å². The van der Waals surface area contributed by atoms with Crippen molar-refractivity contribution in [3.8, 4) is 11.5 Å². The van der Waals surface area contributed by atoms with Crippen LogP contribution in [0.3, 0.4) is 0 Å². The molecule has 0 fully saturated rings. The number of hydrogen-bond donors (Lipinski definition) is 0. The molecule has 0 spiro atoms. The van der Waals surface area contributed by atoms with Crippen molar-refractivity contribution < 1.29 is 9.47 Å². The van der Waals surface area contributed by atoms with Crippen LogP contribution in [0.25, 0.3) is 0 Å². The molecule has 0 aliphatic heterocycles. The van der Waals surface area contributed by atoms with Gasteiger partial charge in [0.2, 0.25) is 5.13 Å². The van der Waals surface area contributed by atoms with Gasteiger partial charge in [-0.25, -0.2) is 0 Å². The predicted molar refractivity (Wildman–Crippen MR) is 69.4 cm³/mol. The maximum Gasteiger partial charge on any atom is 0.227 e. The van der Waals surface area contributed by atoms with Gasteiger partial charge in [-0.2, -0.15) is 0 Å². The summed E-state index contributed by atoms with van der Waals surface area (Å²) >= 11 is 1.27. The van der Waals surface area contributed by atoms with Crippen LogP contribution in [0.5, 0.6) is 11.5 Å². The summed E-state index contributed by atoms with van der Waals surface area (Å²) in [6.07, 6.45) is 0. The molecule has 0 bridgehead atoms. The zero-order valence-electron chi connectivity index (χ0n) is 10.5. The van der Waals surface area contributed by atoms with Gasteiger partial charge in [0.05, 0.1) is 14.2 Å². The van der Waals surface area contributed by atoms with Gasteiger partial charge < -0.3 is 14.4 Å². The first kappa shape index (κ1) is 12.6. The zero-order valence-corrected chi connectivity index (χ0v) is 11.3. The molecule has 0 saturated carbocycles. The molecule has 1 heterocycles. The van der Waals surface area contributed by atoms with Gasteiger partial charge in [-0.05, 0) is 22.9 Å². The number of ether oxygens (including phenoxy) is 2. The average Bonchev–Trinajstić information content (AvgIpc) is 2.92. The second kappa shape index (κ2) is 5.63. The van der Waals surface area contributed by atoms with Crippen molar-refractivity contribution in [1.82, 2.24) is 14.8 Å². The highest BCUT2D eigenvalue weighted by Crippen LogP contribution is 2.28. The number of anilines is 1. The van der Waals surface area contributed by atoms with E-state index in [1.165, 1.54) is 11.5 Å². The van der Waals surface area contributed by atoms with Crippen LogP contribution in [-0.4, -0.2) is 36.1 Å². The van der Waals surface area contributed by atoms with Crippen LogP contribution in [0.4, 0.5) is 5.13 Å². The fraction of sp³-hybridized carbons (Fsp3) is 0.364. The molecule has 0 N–H and O–H groups in total. The molecule has 1 aromatic heterocycles. The van der Waals surface area contributed by atoms with Crippen LogP contribution in [-0.2, 0) is 6.54 Å². The molecule has 0 aliphatic rings. The minimum Gasteiger partial charge on any atom is -0.493 e. The van der Waals surface area contributed by atoms with Crippen LogP contribution in [0.15, 0.2) is 18.2 Å². The summed E-state index contributed by atoms with van der Waals surface area (Å²) in [5.74, 6) is 1.44. The van der Waals surface area contributed by atoms with Gasteiger partial charge in [0.25, 0.3) is 0 Å². The van der Waals surface area contributed by atoms with E-state index in [-0.39, 0.29) is 0 Å². The predicted octanol–water partition coefficient (Wildman–Crippen LogP) is 1.59. The smallest absolute Gasteiger partial charge is 0.227 e. The van der Waals surface area contributed by atoms with Crippen molar-refractivity contribution in [1.29, 1.82) is 0 Å². The van der Waals surface area contributed by atoms with Crippen molar-refractivity contribution in [3.05, 3.63) is 23.8 Å². The Morgan fingerprint density at radius 2 is 2.00 bits per heavy atom. The van der Waals surface area contributed by atoms with Crippen molar-refractivity contribution >= 4 is 16.7 Å². The largest absolute Gasteiger partial charge is 0.493 e. The molecule has 7 heteroatoms. The van der Waals surface area contributed by atoms with E-state index < -0.39 is 0 Å². The lowest BCUT2D eigenvalue weighted by atomic mass is 10.2. The Morgan fingerprint density at radius 3 is 2.61 bits per heavy atom. The number of hydrogen-bond acceptors (Lipinski definition) is 7. The van der Waals surface area contributed by atoms with Gasteiger partial charge in [0, 0.05) is 25.1 Å². The van der Waals surface area contributed by atoms with Crippen LogP contribution in [0.1, 0.15) is 5.56 Å². The third kappa shape index (κ3) is 2.67. The Kier molecular flexibility index (Phi) is 3.93. The van der Waals surface area contributed by atoms with Crippen LogP contribution < -0.4 is 14.4 Å².